The molecule has 4 nitrogen and oxygen atoms in total. The van der Waals surface area contributed by atoms with E-state index in [1.807, 2.05) is 0 Å². The minimum absolute atomic E-state index is 0.0415. The Morgan fingerprint density at radius 1 is 1.20 bits per heavy atom. The largest absolute Gasteiger partial charge is 0.474 e. The van der Waals surface area contributed by atoms with E-state index in [1.54, 1.807) is 0 Å². The Kier molecular flexibility index (Phi) is 5.17. The van der Waals surface area contributed by atoms with E-state index in [4.69, 9.17) is 37.2 Å². The third kappa shape index (κ3) is 3.53. The van der Waals surface area contributed by atoms with Crippen LogP contribution in [0.15, 0.2) is 23.1 Å². The van der Waals surface area contributed by atoms with E-state index in [2.05, 4.69) is 0 Å². The lowest BCUT2D eigenvalue weighted by Gasteiger charge is -2.09. The Morgan fingerprint density at radius 2 is 1.80 bits per heavy atom. The molecule has 7 heteroatoms. The molecule has 0 radical (unpaired) electrons. The van der Waals surface area contributed by atoms with Crippen LogP contribution in [-0.4, -0.2) is 20.9 Å². The second-order valence-electron chi connectivity index (χ2n) is 2.36. The van der Waals surface area contributed by atoms with Gasteiger partial charge in [-0.2, -0.15) is 0 Å². The molecule has 15 heavy (non-hydrogen) atoms. The van der Waals surface area contributed by atoms with Gasteiger partial charge in [0.1, 0.15) is 0 Å². The quantitative estimate of drug-likeness (QED) is 0.660. The van der Waals surface area contributed by atoms with Crippen LogP contribution in [0.25, 0.3) is 0 Å². The van der Waals surface area contributed by atoms with Crippen molar-refractivity contribution in [2.45, 2.75) is 4.90 Å². The molecule has 0 aliphatic carbocycles. The van der Waals surface area contributed by atoms with Crippen LogP contribution in [0.5, 0.6) is 11.5 Å². The SMILES string of the molecule is O=S(O)c1ccc(OCCl)c(OCCl)c1. The van der Waals surface area contributed by atoms with E-state index in [0.717, 1.165) is 0 Å². The van der Waals surface area contributed by atoms with Gasteiger partial charge in [0.25, 0.3) is 0 Å². The molecule has 0 aromatic heterocycles. The predicted octanol–water partition coefficient (Wildman–Crippen LogP) is 2.42. The van der Waals surface area contributed by atoms with Crippen molar-refractivity contribution in [3.05, 3.63) is 18.2 Å². The smallest absolute Gasteiger partial charge is 0.186 e. The van der Waals surface area contributed by atoms with Crippen LogP contribution in [0.1, 0.15) is 0 Å². The Labute approximate surface area is 99.4 Å². The zero-order valence-corrected chi connectivity index (χ0v) is 9.81. The van der Waals surface area contributed by atoms with Crippen molar-refractivity contribution in [3.8, 4) is 11.5 Å². The van der Waals surface area contributed by atoms with E-state index >= 15 is 0 Å². The summed E-state index contributed by atoms with van der Waals surface area (Å²) >= 11 is 8.71. The number of ether oxygens (including phenoxy) is 2. The molecule has 0 aliphatic heterocycles. The van der Waals surface area contributed by atoms with Crippen LogP contribution in [0, 0.1) is 0 Å². The van der Waals surface area contributed by atoms with Crippen LogP contribution in [-0.2, 0) is 11.1 Å². The Hall–Kier alpha value is -0.490. The maximum Gasteiger partial charge on any atom is 0.186 e. The minimum atomic E-state index is -2.07. The molecule has 0 saturated heterocycles. The van der Waals surface area contributed by atoms with Crippen molar-refractivity contribution in [2.75, 3.05) is 12.1 Å². The molecule has 0 fully saturated rings. The highest BCUT2D eigenvalue weighted by molar-refractivity contribution is 7.79. The van der Waals surface area contributed by atoms with E-state index in [9.17, 15) is 4.21 Å². The lowest BCUT2D eigenvalue weighted by molar-refractivity contribution is 0.329. The van der Waals surface area contributed by atoms with Gasteiger partial charge in [0.2, 0.25) is 0 Å². The number of benzene rings is 1. The Morgan fingerprint density at radius 3 is 2.33 bits per heavy atom. The Balaban J connectivity index is 3.02. The molecule has 0 aliphatic rings. The Bertz CT molecular complexity index is 358. The zero-order valence-electron chi connectivity index (χ0n) is 7.48. The number of hydrogen-bond donors (Lipinski definition) is 1. The number of alkyl halides is 2. The lowest BCUT2D eigenvalue weighted by Crippen LogP contribution is -1.98. The zero-order chi connectivity index (χ0) is 11.3. The normalized spacial score (nSPS) is 12.2. The standard InChI is InChI=1S/C8H8Cl2O4S/c9-4-13-7-2-1-6(15(11)12)3-8(7)14-5-10/h1-3H,4-5H2,(H,11,12). The van der Waals surface area contributed by atoms with Crippen molar-refractivity contribution < 1.29 is 18.2 Å². The highest BCUT2D eigenvalue weighted by Crippen LogP contribution is 2.29. The van der Waals surface area contributed by atoms with Gasteiger partial charge in [-0.05, 0) is 12.1 Å². The summed E-state index contributed by atoms with van der Waals surface area (Å²) < 4.78 is 29.7. The summed E-state index contributed by atoms with van der Waals surface area (Å²) in [5, 5.41) is 0. The van der Waals surface area contributed by atoms with Gasteiger partial charge in [0, 0.05) is 6.07 Å². The maximum absolute atomic E-state index is 10.8. The first-order valence-corrected chi connectivity index (χ1v) is 5.99. The van der Waals surface area contributed by atoms with Gasteiger partial charge in [-0.3, -0.25) is 0 Å². The monoisotopic (exact) mass is 270 g/mol. The molecular weight excluding hydrogens is 263 g/mol. The van der Waals surface area contributed by atoms with Gasteiger partial charge in [-0.1, -0.05) is 23.2 Å². The van der Waals surface area contributed by atoms with Gasteiger partial charge in [-0.15, -0.1) is 0 Å². The molecule has 0 amide bonds. The molecule has 1 aromatic rings. The molecule has 0 heterocycles. The van der Waals surface area contributed by atoms with Gasteiger partial charge in [0.15, 0.2) is 34.7 Å². The summed E-state index contributed by atoms with van der Waals surface area (Å²) in [4.78, 5) is 0.206. The first-order chi connectivity index (χ1) is 7.19. The van der Waals surface area contributed by atoms with E-state index in [-0.39, 0.29) is 22.8 Å². The highest BCUT2D eigenvalue weighted by atomic mass is 35.5. The number of hydrogen-bond acceptors (Lipinski definition) is 3. The summed E-state index contributed by atoms with van der Waals surface area (Å²) in [5.74, 6) is 0.658. The summed E-state index contributed by atoms with van der Waals surface area (Å²) in [6.45, 7) is 0. The molecule has 1 N–H and O–H groups in total. The fourth-order valence-corrected chi connectivity index (χ4v) is 1.57. The molecule has 84 valence electrons. The summed E-state index contributed by atoms with van der Waals surface area (Å²) in [6, 6.07) is 4.19. The lowest BCUT2D eigenvalue weighted by atomic mass is 10.3. The number of halogens is 2. The van der Waals surface area contributed by atoms with Crippen molar-refractivity contribution in [1.82, 2.24) is 0 Å². The van der Waals surface area contributed by atoms with E-state index < -0.39 is 11.1 Å². The van der Waals surface area contributed by atoms with Gasteiger partial charge < -0.3 is 14.0 Å². The van der Waals surface area contributed by atoms with Gasteiger partial charge in [-0.25, -0.2) is 4.21 Å². The molecular formula is C8H8Cl2O4S. The first-order valence-electron chi connectivity index (χ1n) is 3.81. The van der Waals surface area contributed by atoms with E-state index in [0.29, 0.717) is 5.75 Å². The van der Waals surface area contributed by atoms with Crippen molar-refractivity contribution >= 4 is 34.3 Å². The fraction of sp³-hybridized carbons (Fsp3) is 0.250. The van der Waals surface area contributed by atoms with Crippen LogP contribution in [0.4, 0.5) is 0 Å². The van der Waals surface area contributed by atoms with Crippen LogP contribution >= 0.6 is 23.2 Å². The molecule has 0 bridgehead atoms. The molecule has 0 spiro atoms. The van der Waals surface area contributed by atoms with Crippen LogP contribution in [0.3, 0.4) is 0 Å². The second kappa shape index (κ2) is 6.17. The molecule has 1 aromatic carbocycles. The topological polar surface area (TPSA) is 55.8 Å². The average molecular weight is 271 g/mol. The fourth-order valence-electron chi connectivity index (χ4n) is 0.947. The third-order valence-electron chi connectivity index (χ3n) is 1.54. The van der Waals surface area contributed by atoms with Crippen molar-refractivity contribution in [1.29, 1.82) is 0 Å². The first kappa shape index (κ1) is 12.6. The third-order valence-corrected chi connectivity index (χ3v) is 2.41. The van der Waals surface area contributed by atoms with E-state index in [1.165, 1.54) is 18.2 Å². The summed E-state index contributed by atoms with van der Waals surface area (Å²) in [6.07, 6.45) is 0. The maximum atomic E-state index is 10.8. The number of rotatable bonds is 5. The molecule has 0 saturated carbocycles. The summed E-state index contributed by atoms with van der Waals surface area (Å²) in [7, 11) is 0. The predicted molar refractivity (Wildman–Crippen MR) is 58.2 cm³/mol. The molecule has 1 rings (SSSR count). The van der Waals surface area contributed by atoms with Crippen LogP contribution in [0.2, 0.25) is 0 Å². The average Bonchev–Trinajstić information content (AvgIpc) is 2.21. The molecule has 1 atom stereocenters. The molecule has 1 unspecified atom stereocenters. The van der Waals surface area contributed by atoms with Crippen molar-refractivity contribution in [3.63, 3.8) is 0 Å². The van der Waals surface area contributed by atoms with Crippen LogP contribution < -0.4 is 9.47 Å². The van der Waals surface area contributed by atoms with Gasteiger partial charge >= 0.3 is 0 Å². The summed E-state index contributed by atoms with van der Waals surface area (Å²) in [5.41, 5.74) is 0. The highest BCUT2D eigenvalue weighted by Gasteiger charge is 2.09. The second-order valence-corrected chi connectivity index (χ2v) is 3.77. The minimum Gasteiger partial charge on any atom is -0.474 e. The van der Waals surface area contributed by atoms with Crippen molar-refractivity contribution in [2.24, 2.45) is 0 Å². The van der Waals surface area contributed by atoms with Gasteiger partial charge in [0.05, 0.1) is 4.90 Å².